The summed E-state index contributed by atoms with van der Waals surface area (Å²) in [6.45, 7) is 0. The lowest BCUT2D eigenvalue weighted by Crippen LogP contribution is -2.19. The van der Waals surface area contributed by atoms with Gasteiger partial charge >= 0.3 is 0 Å². The minimum Gasteiger partial charge on any atom is -0.493 e. The smallest absolute Gasteiger partial charge is 0.250 e. The number of benzene rings is 2. The molecule has 0 aliphatic rings. The van der Waals surface area contributed by atoms with Gasteiger partial charge < -0.3 is 14.2 Å². The van der Waals surface area contributed by atoms with Crippen LogP contribution in [0.1, 0.15) is 11.1 Å². The van der Waals surface area contributed by atoms with Crippen molar-refractivity contribution in [2.24, 2.45) is 5.10 Å². The van der Waals surface area contributed by atoms with Gasteiger partial charge in [-0.1, -0.05) is 65.2 Å². The van der Waals surface area contributed by atoms with Crippen LogP contribution in [0.4, 0.5) is 0 Å². The van der Waals surface area contributed by atoms with Crippen LogP contribution in [0.2, 0.25) is 0 Å². The second kappa shape index (κ2) is 12.3. The predicted molar refractivity (Wildman–Crippen MR) is 128 cm³/mol. The number of carbonyl (C=O) groups is 1. The molecule has 32 heavy (non-hydrogen) atoms. The molecule has 11 heteroatoms. The van der Waals surface area contributed by atoms with Gasteiger partial charge in [-0.2, -0.15) is 5.10 Å². The summed E-state index contributed by atoms with van der Waals surface area (Å²) in [5.41, 5.74) is 4.37. The van der Waals surface area contributed by atoms with Crippen molar-refractivity contribution in [1.29, 1.82) is 0 Å². The number of thioether (sulfide) groups is 2. The van der Waals surface area contributed by atoms with Gasteiger partial charge in [0.1, 0.15) is 0 Å². The molecule has 0 radical (unpaired) electrons. The van der Waals surface area contributed by atoms with Crippen molar-refractivity contribution in [2.75, 3.05) is 27.1 Å². The predicted octanol–water partition coefficient (Wildman–Crippen LogP) is 4.10. The van der Waals surface area contributed by atoms with Gasteiger partial charge in [0.15, 0.2) is 20.2 Å². The maximum Gasteiger partial charge on any atom is 0.250 e. The Kier molecular flexibility index (Phi) is 9.20. The van der Waals surface area contributed by atoms with Gasteiger partial charge in [0.25, 0.3) is 5.91 Å². The van der Waals surface area contributed by atoms with E-state index in [4.69, 9.17) is 14.2 Å². The number of rotatable bonds is 11. The lowest BCUT2D eigenvalue weighted by molar-refractivity contribution is -0.118. The Labute approximate surface area is 198 Å². The van der Waals surface area contributed by atoms with Crippen molar-refractivity contribution in [2.45, 2.75) is 14.4 Å². The van der Waals surface area contributed by atoms with Crippen LogP contribution in [0.5, 0.6) is 17.2 Å². The molecular weight excluding hydrogens is 468 g/mol. The normalized spacial score (nSPS) is 10.8. The number of aromatic nitrogens is 2. The number of methoxy groups -OCH3 is 3. The zero-order valence-electron chi connectivity index (χ0n) is 17.7. The van der Waals surface area contributed by atoms with Gasteiger partial charge in [0.2, 0.25) is 5.75 Å². The molecule has 1 heterocycles. The third-order valence-corrected chi connectivity index (χ3v) is 7.31. The zero-order valence-corrected chi connectivity index (χ0v) is 20.2. The highest BCUT2D eigenvalue weighted by molar-refractivity contribution is 8.03. The van der Waals surface area contributed by atoms with Gasteiger partial charge in [-0.25, -0.2) is 5.43 Å². The van der Waals surface area contributed by atoms with Crippen molar-refractivity contribution < 1.29 is 19.0 Å². The quantitative estimate of drug-likeness (QED) is 0.244. The van der Waals surface area contributed by atoms with Crippen LogP contribution in [0.3, 0.4) is 0 Å². The van der Waals surface area contributed by atoms with E-state index in [1.54, 1.807) is 31.0 Å². The average Bonchev–Trinajstić information content (AvgIpc) is 3.29. The fourth-order valence-corrected chi connectivity index (χ4v) is 5.36. The van der Waals surface area contributed by atoms with Crippen LogP contribution in [0.25, 0.3) is 0 Å². The average molecular weight is 491 g/mol. The fourth-order valence-electron chi connectivity index (χ4n) is 2.59. The Bertz CT molecular complexity index is 1060. The zero-order chi connectivity index (χ0) is 22.8. The molecule has 2 aromatic carbocycles. The standard InChI is InChI=1S/C21H22N4O4S3/c1-27-16-10-9-15(18(28-2)19(16)29-3)11-22-23-17(26)13-31-21-25-24-20(32-21)30-12-14-7-5-4-6-8-14/h4-11H,12-13H2,1-3H3,(H,23,26)/b22-11+. The van der Waals surface area contributed by atoms with Gasteiger partial charge in [-0.15, -0.1) is 10.2 Å². The highest BCUT2D eigenvalue weighted by Gasteiger charge is 2.15. The van der Waals surface area contributed by atoms with E-state index in [-0.39, 0.29) is 11.7 Å². The first-order valence-corrected chi connectivity index (χ1v) is 12.2. The minimum atomic E-state index is -0.251. The summed E-state index contributed by atoms with van der Waals surface area (Å²) in [6.07, 6.45) is 1.49. The van der Waals surface area contributed by atoms with Crippen LogP contribution in [0.15, 0.2) is 56.2 Å². The molecule has 1 N–H and O–H groups in total. The SMILES string of the molecule is COc1ccc(/C=N/NC(=O)CSc2nnc(SCc3ccccc3)s2)c(OC)c1OC. The summed E-state index contributed by atoms with van der Waals surface area (Å²) in [5.74, 6) is 2.22. The first kappa shape index (κ1) is 23.9. The number of nitrogens with one attached hydrogen (secondary N) is 1. The van der Waals surface area contributed by atoms with Gasteiger partial charge in [-0.3, -0.25) is 4.79 Å². The molecule has 1 amide bonds. The van der Waals surface area contributed by atoms with E-state index >= 15 is 0 Å². The Morgan fingerprint density at radius 1 is 1.00 bits per heavy atom. The molecule has 0 fully saturated rings. The molecule has 0 aliphatic heterocycles. The maximum absolute atomic E-state index is 12.1. The van der Waals surface area contributed by atoms with E-state index in [1.807, 2.05) is 18.2 Å². The summed E-state index contributed by atoms with van der Waals surface area (Å²) in [4.78, 5) is 12.1. The molecule has 0 atom stereocenters. The van der Waals surface area contributed by atoms with Gasteiger partial charge in [0, 0.05) is 11.3 Å². The largest absolute Gasteiger partial charge is 0.493 e. The van der Waals surface area contributed by atoms with Crippen molar-refractivity contribution >= 4 is 47.0 Å². The van der Waals surface area contributed by atoms with Gasteiger partial charge in [-0.05, 0) is 17.7 Å². The lowest BCUT2D eigenvalue weighted by Gasteiger charge is -2.13. The second-order valence-electron chi connectivity index (χ2n) is 6.11. The lowest BCUT2D eigenvalue weighted by atomic mass is 10.2. The van der Waals surface area contributed by atoms with E-state index in [0.717, 1.165) is 14.4 Å². The van der Waals surface area contributed by atoms with Crippen LogP contribution in [-0.4, -0.2) is 49.4 Å². The number of hydrazone groups is 1. The summed E-state index contributed by atoms with van der Waals surface area (Å²) >= 11 is 4.42. The Balaban J connectivity index is 1.48. The third-order valence-electron chi connectivity index (χ3n) is 4.05. The highest BCUT2D eigenvalue weighted by atomic mass is 32.2. The van der Waals surface area contributed by atoms with Crippen LogP contribution < -0.4 is 19.6 Å². The summed E-state index contributed by atoms with van der Waals surface area (Å²) in [5, 5.41) is 12.3. The number of ether oxygens (including phenoxy) is 3. The molecule has 0 unspecified atom stereocenters. The first-order valence-electron chi connectivity index (χ1n) is 9.38. The van der Waals surface area contributed by atoms with Crippen LogP contribution in [0, 0.1) is 0 Å². The van der Waals surface area contributed by atoms with Gasteiger partial charge in [0.05, 0.1) is 33.3 Å². The van der Waals surface area contributed by atoms with E-state index in [1.165, 1.54) is 49.1 Å². The Hall–Kier alpha value is -2.76. The molecule has 1 aromatic heterocycles. The number of carbonyl (C=O) groups excluding carboxylic acids is 1. The number of hydrogen-bond acceptors (Lipinski definition) is 10. The summed E-state index contributed by atoms with van der Waals surface area (Å²) in [7, 11) is 4.60. The molecule has 0 bridgehead atoms. The van der Waals surface area contributed by atoms with E-state index in [0.29, 0.717) is 22.8 Å². The van der Waals surface area contributed by atoms with Crippen LogP contribution >= 0.6 is 34.9 Å². The molecule has 0 aliphatic carbocycles. The summed E-state index contributed by atoms with van der Waals surface area (Å²) in [6, 6.07) is 13.7. The third kappa shape index (κ3) is 6.62. The molecule has 3 aromatic rings. The Morgan fingerprint density at radius 3 is 2.41 bits per heavy atom. The molecule has 3 rings (SSSR count). The molecule has 0 saturated heterocycles. The molecular formula is C21H22N4O4S3. The minimum absolute atomic E-state index is 0.179. The maximum atomic E-state index is 12.1. The topological polar surface area (TPSA) is 94.9 Å². The van der Waals surface area contributed by atoms with E-state index in [2.05, 4.69) is 32.9 Å². The number of nitrogens with zero attached hydrogens (tertiary/aromatic N) is 3. The first-order chi connectivity index (χ1) is 15.6. The molecule has 8 nitrogen and oxygen atoms in total. The number of hydrogen-bond donors (Lipinski definition) is 1. The molecule has 168 valence electrons. The summed E-state index contributed by atoms with van der Waals surface area (Å²) < 4.78 is 17.6. The van der Waals surface area contributed by atoms with Crippen molar-refractivity contribution in [3.8, 4) is 17.2 Å². The van der Waals surface area contributed by atoms with Crippen molar-refractivity contribution in [3.05, 3.63) is 53.6 Å². The van der Waals surface area contributed by atoms with E-state index in [9.17, 15) is 4.79 Å². The number of amides is 1. The highest BCUT2D eigenvalue weighted by Crippen LogP contribution is 2.39. The van der Waals surface area contributed by atoms with Crippen molar-refractivity contribution in [1.82, 2.24) is 15.6 Å². The van der Waals surface area contributed by atoms with E-state index < -0.39 is 0 Å². The molecule has 0 saturated carbocycles. The molecule has 0 spiro atoms. The second-order valence-corrected chi connectivity index (χ2v) is 9.54. The Morgan fingerprint density at radius 2 is 1.72 bits per heavy atom. The monoisotopic (exact) mass is 490 g/mol. The van der Waals surface area contributed by atoms with Crippen molar-refractivity contribution in [3.63, 3.8) is 0 Å². The van der Waals surface area contributed by atoms with Crippen LogP contribution in [-0.2, 0) is 10.5 Å². The fraction of sp³-hybridized carbons (Fsp3) is 0.238.